The minimum Gasteiger partial charge on any atom is -0.444 e. The van der Waals surface area contributed by atoms with Crippen molar-refractivity contribution < 1.29 is 27.5 Å². The summed E-state index contributed by atoms with van der Waals surface area (Å²) in [6.45, 7) is 7.21. The van der Waals surface area contributed by atoms with E-state index >= 15 is 0 Å². The van der Waals surface area contributed by atoms with Gasteiger partial charge < -0.3 is 19.9 Å². The molecule has 8 nitrogen and oxygen atoms in total. The third-order valence-corrected chi connectivity index (χ3v) is 4.46. The van der Waals surface area contributed by atoms with Crippen molar-refractivity contribution in [2.24, 2.45) is 0 Å². The molecule has 0 saturated carbocycles. The summed E-state index contributed by atoms with van der Waals surface area (Å²) in [6.07, 6.45) is -3.69. The lowest BCUT2D eigenvalue weighted by Crippen LogP contribution is -2.50. The minimum atomic E-state index is -4.93. The van der Waals surface area contributed by atoms with Crippen LogP contribution in [0.1, 0.15) is 26.5 Å². The first-order valence-electron chi connectivity index (χ1n) is 9.49. The Morgan fingerprint density at radius 3 is 2.40 bits per heavy atom. The fraction of sp³-hybridized carbons (Fsp3) is 0.526. The number of halogens is 3. The number of carbonyl (C=O) groups excluding carboxylic acids is 2. The van der Waals surface area contributed by atoms with Crippen molar-refractivity contribution in [3.05, 3.63) is 30.1 Å². The maximum Gasteiger partial charge on any atom is 0.471 e. The van der Waals surface area contributed by atoms with Gasteiger partial charge in [-0.05, 0) is 32.9 Å². The molecule has 0 spiro atoms. The van der Waals surface area contributed by atoms with E-state index in [1.54, 1.807) is 27.6 Å². The monoisotopic (exact) mass is 427 g/mol. The zero-order valence-corrected chi connectivity index (χ0v) is 17.0. The maximum atomic E-state index is 12.4. The highest BCUT2D eigenvalue weighted by Gasteiger charge is 2.38. The summed E-state index contributed by atoms with van der Waals surface area (Å²) in [7, 11) is 0. The molecular formula is C19H24F3N5O3. The van der Waals surface area contributed by atoms with E-state index in [0.717, 1.165) is 5.82 Å². The first kappa shape index (κ1) is 21.7. The molecule has 0 bridgehead atoms. The van der Waals surface area contributed by atoms with Crippen LogP contribution in [0.25, 0.3) is 5.65 Å². The van der Waals surface area contributed by atoms with Crippen molar-refractivity contribution in [3.8, 4) is 0 Å². The number of ether oxygens (including phenoxy) is 1. The van der Waals surface area contributed by atoms with Crippen LogP contribution in [0.5, 0.6) is 0 Å². The molecule has 3 heterocycles. The number of anilines is 1. The van der Waals surface area contributed by atoms with Crippen LogP contribution in [0.3, 0.4) is 0 Å². The molecule has 1 fully saturated rings. The van der Waals surface area contributed by atoms with Gasteiger partial charge in [-0.1, -0.05) is 6.07 Å². The molecule has 3 rings (SSSR count). The van der Waals surface area contributed by atoms with Gasteiger partial charge in [0.25, 0.3) is 0 Å². The Labute approximate surface area is 171 Å². The van der Waals surface area contributed by atoms with Crippen molar-refractivity contribution >= 4 is 23.5 Å². The zero-order chi connectivity index (χ0) is 22.1. The molecule has 0 radical (unpaired) electrons. The smallest absolute Gasteiger partial charge is 0.444 e. The van der Waals surface area contributed by atoms with Crippen LogP contribution >= 0.6 is 0 Å². The van der Waals surface area contributed by atoms with Gasteiger partial charge in [-0.3, -0.25) is 9.20 Å². The van der Waals surface area contributed by atoms with Crippen molar-refractivity contribution in [3.63, 3.8) is 0 Å². The molecule has 1 N–H and O–H groups in total. The van der Waals surface area contributed by atoms with Gasteiger partial charge in [0.2, 0.25) is 0 Å². The average Bonchev–Trinajstić information content (AvgIpc) is 3.07. The molecule has 30 heavy (non-hydrogen) atoms. The highest BCUT2D eigenvalue weighted by molar-refractivity contribution is 5.81. The molecule has 11 heteroatoms. The highest BCUT2D eigenvalue weighted by Crippen LogP contribution is 2.21. The highest BCUT2D eigenvalue weighted by atomic mass is 19.4. The first-order valence-corrected chi connectivity index (χ1v) is 9.49. The third kappa shape index (κ3) is 5.14. The van der Waals surface area contributed by atoms with Gasteiger partial charge in [-0.15, -0.1) is 0 Å². The van der Waals surface area contributed by atoms with E-state index < -0.39 is 17.7 Å². The van der Waals surface area contributed by atoms with Crippen LogP contribution in [0.2, 0.25) is 0 Å². The van der Waals surface area contributed by atoms with Crippen LogP contribution in [0, 0.1) is 0 Å². The number of fused-ring (bicyclic) bond motifs is 1. The summed E-state index contributed by atoms with van der Waals surface area (Å²) in [5, 5.41) is 1.82. The number of imidazole rings is 1. The van der Waals surface area contributed by atoms with Crippen molar-refractivity contribution in [1.29, 1.82) is 0 Å². The van der Waals surface area contributed by atoms with Gasteiger partial charge in [0.15, 0.2) is 0 Å². The fourth-order valence-electron chi connectivity index (χ4n) is 3.11. The predicted octanol–water partition coefficient (Wildman–Crippen LogP) is 2.57. The number of nitrogens with one attached hydrogen (secondary N) is 1. The predicted molar refractivity (Wildman–Crippen MR) is 103 cm³/mol. The summed E-state index contributed by atoms with van der Waals surface area (Å²) in [4.78, 5) is 31.2. The Morgan fingerprint density at radius 1 is 1.13 bits per heavy atom. The second-order valence-electron chi connectivity index (χ2n) is 7.98. The largest absolute Gasteiger partial charge is 0.471 e. The normalized spacial score (nSPS) is 15.4. The topological polar surface area (TPSA) is 79.2 Å². The van der Waals surface area contributed by atoms with Gasteiger partial charge in [0.1, 0.15) is 17.1 Å². The lowest BCUT2D eigenvalue weighted by atomic mass is 10.2. The molecular weight excluding hydrogens is 403 g/mol. The van der Waals surface area contributed by atoms with E-state index in [-0.39, 0.29) is 12.6 Å². The van der Waals surface area contributed by atoms with E-state index in [9.17, 15) is 22.8 Å². The number of pyridine rings is 1. The Morgan fingerprint density at radius 2 is 1.80 bits per heavy atom. The van der Waals surface area contributed by atoms with Crippen LogP contribution in [0.4, 0.5) is 23.8 Å². The van der Waals surface area contributed by atoms with E-state index in [0.29, 0.717) is 37.5 Å². The summed E-state index contributed by atoms with van der Waals surface area (Å²) < 4.78 is 44.2. The number of rotatable bonds is 3. The molecule has 1 aliphatic heterocycles. The van der Waals surface area contributed by atoms with E-state index in [1.807, 2.05) is 32.2 Å². The number of hydrogen-bond acceptors (Lipinski definition) is 5. The van der Waals surface area contributed by atoms with Gasteiger partial charge in [0, 0.05) is 32.4 Å². The number of aromatic nitrogens is 2. The average molecular weight is 427 g/mol. The minimum absolute atomic E-state index is 0.312. The van der Waals surface area contributed by atoms with Gasteiger partial charge in [-0.2, -0.15) is 13.2 Å². The van der Waals surface area contributed by atoms with Crippen molar-refractivity contribution in [2.45, 2.75) is 39.1 Å². The second-order valence-corrected chi connectivity index (χ2v) is 7.98. The Bertz CT molecular complexity index is 928. The Kier molecular flexibility index (Phi) is 5.82. The molecule has 0 aromatic carbocycles. The number of carbonyl (C=O) groups is 2. The lowest BCUT2D eigenvalue weighted by Gasteiger charge is -2.36. The SMILES string of the molecule is CC(C)(C)OC(=O)N1CCN(c2cccc3nc(CNC(=O)C(F)(F)F)cn23)CC1. The van der Waals surface area contributed by atoms with E-state index in [2.05, 4.69) is 9.88 Å². The zero-order valence-electron chi connectivity index (χ0n) is 17.0. The molecule has 1 aliphatic rings. The second kappa shape index (κ2) is 8.04. The summed E-state index contributed by atoms with van der Waals surface area (Å²) >= 11 is 0. The number of piperazine rings is 1. The van der Waals surface area contributed by atoms with Gasteiger partial charge in [-0.25, -0.2) is 9.78 Å². The molecule has 2 amide bonds. The standard InChI is InChI=1S/C19H24F3N5O3/c1-18(2,3)30-17(29)26-9-7-25(8-10-26)15-6-4-5-14-24-13(12-27(14)15)11-23-16(28)19(20,21)22/h4-6,12H,7-11H2,1-3H3,(H,23,28). The van der Waals surface area contributed by atoms with E-state index in [1.165, 1.54) is 0 Å². The van der Waals surface area contributed by atoms with Crippen LogP contribution in [-0.4, -0.2) is 64.2 Å². The van der Waals surface area contributed by atoms with Gasteiger partial charge >= 0.3 is 18.2 Å². The van der Waals surface area contributed by atoms with E-state index in [4.69, 9.17) is 4.74 Å². The van der Waals surface area contributed by atoms with Crippen molar-refractivity contribution in [1.82, 2.24) is 19.6 Å². The molecule has 164 valence electrons. The van der Waals surface area contributed by atoms with Crippen LogP contribution in [-0.2, 0) is 16.1 Å². The summed E-state index contributed by atoms with van der Waals surface area (Å²) in [6, 6.07) is 5.40. The third-order valence-electron chi connectivity index (χ3n) is 4.46. The molecule has 2 aromatic rings. The van der Waals surface area contributed by atoms with Crippen LogP contribution in [0.15, 0.2) is 24.4 Å². The number of amides is 2. The summed E-state index contributed by atoms with van der Waals surface area (Å²) in [5.41, 5.74) is 0.305. The quantitative estimate of drug-likeness (QED) is 0.815. The lowest BCUT2D eigenvalue weighted by molar-refractivity contribution is -0.173. The Hall–Kier alpha value is -2.98. The Balaban J connectivity index is 1.68. The summed E-state index contributed by atoms with van der Waals surface area (Å²) in [5.74, 6) is -1.20. The maximum absolute atomic E-state index is 12.4. The van der Waals surface area contributed by atoms with Gasteiger partial charge in [0.05, 0.1) is 12.2 Å². The van der Waals surface area contributed by atoms with Crippen molar-refractivity contribution in [2.75, 3.05) is 31.1 Å². The fourth-order valence-corrected chi connectivity index (χ4v) is 3.11. The molecule has 2 aromatic heterocycles. The number of alkyl halides is 3. The molecule has 0 unspecified atom stereocenters. The number of nitrogens with zero attached hydrogens (tertiary/aromatic N) is 4. The molecule has 0 atom stereocenters. The molecule has 1 saturated heterocycles. The molecule has 0 aliphatic carbocycles. The van der Waals surface area contributed by atoms with Crippen LogP contribution < -0.4 is 10.2 Å². The first-order chi connectivity index (χ1) is 13.9. The number of hydrogen-bond donors (Lipinski definition) is 1.